The number of hydrogen-bond acceptors (Lipinski definition) is 3. The van der Waals surface area contributed by atoms with Gasteiger partial charge < -0.3 is 15.0 Å². The highest BCUT2D eigenvalue weighted by atomic mass is 32.2. The number of ether oxygens (including phenoxy) is 1. The fraction of sp³-hybridized carbons (Fsp3) is 0.350. The molecule has 0 aromatic heterocycles. The number of quaternary nitrogens is 1. The Morgan fingerprint density at radius 3 is 2.56 bits per heavy atom. The van der Waals surface area contributed by atoms with Crippen LogP contribution in [0.2, 0.25) is 0 Å². The quantitative estimate of drug-likeness (QED) is 0.714. The molecule has 1 fully saturated rings. The van der Waals surface area contributed by atoms with E-state index in [9.17, 15) is 4.79 Å². The van der Waals surface area contributed by atoms with Gasteiger partial charge >= 0.3 is 0 Å². The lowest BCUT2D eigenvalue weighted by atomic mass is 10.2. The highest BCUT2D eigenvalue weighted by molar-refractivity contribution is 7.98. The number of rotatable bonds is 8. The minimum atomic E-state index is 0.0805. The molecule has 1 amide bonds. The van der Waals surface area contributed by atoms with E-state index < -0.39 is 0 Å². The zero-order valence-corrected chi connectivity index (χ0v) is 15.6. The third-order valence-corrected chi connectivity index (χ3v) is 5.31. The van der Waals surface area contributed by atoms with Crippen LogP contribution in [0.1, 0.15) is 18.4 Å². The standard InChI is InChI=1S/C20H24N2O2S/c1-24-17-11-7-15(8-12-17)13-22(16-9-10-16)14-20(23)21-18-5-3-4-6-19(18)25-2/h3-8,11-12,16H,9-10,13-14H2,1-2H3,(H,21,23)/p+1. The molecule has 0 spiro atoms. The summed E-state index contributed by atoms with van der Waals surface area (Å²) < 4.78 is 5.21. The van der Waals surface area contributed by atoms with Crippen molar-refractivity contribution in [2.24, 2.45) is 0 Å². The average molecular weight is 357 g/mol. The Kier molecular flexibility index (Phi) is 6.00. The molecule has 2 N–H and O–H groups in total. The van der Waals surface area contributed by atoms with Crippen molar-refractivity contribution >= 4 is 23.4 Å². The number of anilines is 1. The molecule has 3 rings (SSSR count). The molecule has 0 saturated heterocycles. The van der Waals surface area contributed by atoms with Crippen molar-refractivity contribution in [1.82, 2.24) is 0 Å². The van der Waals surface area contributed by atoms with Gasteiger partial charge in [0.15, 0.2) is 6.54 Å². The van der Waals surface area contributed by atoms with Crippen LogP contribution in [-0.2, 0) is 11.3 Å². The Morgan fingerprint density at radius 1 is 1.20 bits per heavy atom. The zero-order valence-electron chi connectivity index (χ0n) is 14.7. The molecule has 2 aromatic carbocycles. The van der Waals surface area contributed by atoms with Crippen molar-refractivity contribution in [1.29, 1.82) is 0 Å². The molecule has 1 aliphatic rings. The molecule has 4 nitrogen and oxygen atoms in total. The Bertz CT molecular complexity index is 714. The molecule has 25 heavy (non-hydrogen) atoms. The van der Waals surface area contributed by atoms with E-state index in [-0.39, 0.29) is 5.91 Å². The number of para-hydroxylation sites is 1. The van der Waals surface area contributed by atoms with Crippen molar-refractivity contribution < 1.29 is 14.4 Å². The minimum absolute atomic E-state index is 0.0805. The van der Waals surface area contributed by atoms with Gasteiger partial charge in [0, 0.05) is 23.3 Å². The van der Waals surface area contributed by atoms with Gasteiger partial charge in [0.05, 0.1) is 18.8 Å². The summed E-state index contributed by atoms with van der Waals surface area (Å²) >= 11 is 1.65. The first-order chi connectivity index (χ1) is 12.2. The maximum absolute atomic E-state index is 12.6. The third-order valence-electron chi connectivity index (χ3n) is 4.51. The fourth-order valence-electron chi connectivity index (χ4n) is 3.00. The lowest BCUT2D eigenvalue weighted by Crippen LogP contribution is -3.13. The molecule has 0 radical (unpaired) electrons. The number of methoxy groups -OCH3 is 1. The van der Waals surface area contributed by atoms with Gasteiger partial charge in [0.1, 0.15) is 12.3 Å². The first-order valence-corrected chi connectivity index (χ1v) is 9.82. The van der Waals surface area contributed by atoms with Crippen LogP contribution in [0.4, 0.5) is 5.69 Å². The zero-order chi connectivity index (χ0) is 17.6. The smallest absolute Gasteiger partial charge is 0.279 e. The predicted octanol–water partition coefficient (Wildman–Crippen LogP) is 2.60. The van der Waals surface area contributed by atoms with Crippen LogP contribution in [0.25, 0.3) is 0 Å². The van der Waals surface area contributed by atoms with Crippen molar-refractivity contribution in [3.05, 3.63) is 54.1 Å². The first-order valence-electron chi connectivity index (χ1n) is 8.60. The monoisotopic (exact) mass is 357 g/mol. The largest absolute Gasteiger partial charge is 0.497 e. The molecule has 1 atom stereocenters. The van der Waals surface area contributed by atoms with Crippen LogP contribution in [0.5, 0.6) is 5.75 Å². The van der Waals surface area contributed by atoms with Crippen LogP contribution in [0, 0.1) is 0 Å². The highest BCUT2D eigenvalue weighted by Crippen LogP contribution is 2.24. The molecular weight excluding hydrogens is 332 g/mol. The van der Waals surface area contributed by atoms with Crippen LogP contribution < -0.4 is 15.0 Å². The summed E-state index contributed by atoms with van der Waals surface area (Å²) in [5, 5.41) is 3.08. The summed E-state index contributed by atoms with van der Waals surface area (Å²) in [6.07, 6.45) is 4.44. The van der Waals surface area contributed by atoms with Gasteiger partial charge in [-0.1, -0.05) is 12.1 Å². The van der Waals surface area contributed by atoms with Crippen molar-refractivity contribution in [3.8, 4) is 5.75 Å². The third kappa shape index (κ3) is 5.00. The first kappa shape index (κ1) is 17.8. The Morgan fingerprint density at radius 2 is 1.92 bits per heavy atom. The van der Waals surface area contributed by atoms with Gasteiger partial charge in [-0.3, -0.25) is 4.79 Å². The summed E-state index contributed by atoms with van der Waals surface area (Å²) in [6.45, 7) is 1.37. The SMILES string of the molecule is COc1ccc(C[NH+](CC(=O)Nc2ccccc2SC)C2CC2)cc1. The fourth-order valence-corrected chi connectivity index (χ4v) is 3.55. The lowest BCUT2D eigenvalue weighted by molar-refractivity contribution is -0.916. The van der Waals surface area contributed by atoms with E-state index in [1.165, 1.54) is 23.3 Å². The summed E-state index contributed by atoms with van der Waals surface area (Å²) in [4.78, 5) is 15.0. The Hall–Kier alpha value is -1.98. The molecule has 132 valence electrons. The number of carbonyl (C=O) groups excluding carboxylic acids is 1. The minimum Gasteiger partial charge on any atom is -0.497 e. The predicted molar refractivity (Wildman–Crippen MR) is 102 cm³/mol. The maximum Gasteiger partial charge on any atom is 0.279 e. The number of benzene rings is 2. The molecule has 0 bridgehead atoms. The van der Waals surface area contributed by atoms with Crippen molar-refractivity contribution in [2.45, 2.75) is 30.3 Å². The van der Waals surface area contributed by atoms with Crippen LogP contribution >= 0.6 is 11.8 Å². The van der Waals surface area contributed by atoms with Gasteiger partial charge in [0.25, 0.3) is 5.91 Å². The van der Waals surface area contributed by atoms with E-state index in [4.69, 9.17) is 4.74 Å². The topological polar surface area (TPSA) is 42.8 Å². The van der Waals surface area contributed by atoms with Gasteiger partial charge in [-0.05, 0) is 42.7 Å². The van der Waals surface area contributed by atoms with E-state index in [2.05, 4.69) is 17.4 Å². The second-order valence-electron chi connectivity index (χ2n) is 6.38. The van der Waals surface area contributed by atoms with E-state index in [1.807, 2.05) is 42.7 Å². The number of hydrogen-bond donors (Lipinski definition) is 2. The Labute approximate surface area is 153 Å². The van der Waals surface area contributed by atoms with Crippen LogP contribution in [0.15, 0.2) is 53.4 Å². The molecule has 0 heterocycles. The normalized spacial score (nSPS) is 14.8. The van der Waals surface area contributed by atoms with E-state index in [1.54, 1.807) is 18.9 Å². The molecule has 2 aromatic rings. The summed E-state index contributed by atoms with van der Waals surface area (Å²) in [6, 6.07) is 16.7. The van der Waals surface area contributed by atoms with E-state index in [0.717, 1.165) is 22.9 Å². The second kappa shape index (κ2) is 8.41. The lowest BCUT2D eigenvalue weighted by Gasteiger charge is -2.19. The number of thioether (sulfide) groups is 1. The van der Waals surface area contributed by atoms with Gasteiger partial charge in [-0.2, -0.15) is 0 Å². The second-order valence-corrected chi connectivity index (χ2v) is 7.23. The summed E-state index contributed by atoms with van der Waals surface area (Å²) in [7, 11) is 1.67. The highest BCUT2D eigenvalue weighted by Gasteiger charge is 2.34. The number of amides is 1. The molecule has 1 aliphatic carbocycles. The van der Waals surface area contributed by atoms with Crippen molar-refractivity contribution in [2.75, 3.05) is 25.2 Å². The number of nitrogens with one attached hydrogen (secondary N) is 2. The molecule has 1 unspecified atom stereocenters. The van der Waals surface area contributed by atoms with Crippen LogP contribution in [0.3, 0.4) is 0 Å². The molecule has 5 heteroatoms. The maximum atomic E-state index is 12.6. The average Bonchev–Trinajstić information content (AvgIpc) is 3.47. The van der Waals surface area contributed by atoms with Gasteiger partial charge in [0.2, 0.25) is 0 Å². The van der Waals surface area contributed by atoms with Crippen molar-refractivity contribution in [3.63, 3.8) is 0 Å². The summed E-state index contributed by atoms with van der Waals surface area (Å²) in [5.41, 5.74) is 2.14. The molecule has 0 aliphatic heterocycles. The van der Waals surface area contributed by atoms with Gasteiger partial charge in [-0.15, -0.1) is 11.8 Å². The summed E-state index contributed by atoms with van der Waals surface area (Å²) in [5.74, 6) is 0.944. The Balaban J connectivity index is 1.62. The van der Waals surface area contributed by atoms with E-state index in [0.29, 0.717) is 12.6 Å². The van der Waals surface area contributed by atoms with Crippen LogP contribution in [-0.4, -0.2) is 31.9 Å². The molecular formula is C20H25N2O2S+. The van der Waals surface area contributed by atoms with E-state index >= 15 is 0 Å². The molecule has 1 saturated carbocycles. The van der Waals surface area contributed by atoms with Gasteiger partial charge in [-0.25, -0.2) is 0 Å². The number of carbonyl (C=O) groups is 1.